The zero-order valence-corrected chi connectivity index (χ0v) is 9.42. The van der Waals surface area contributed by atoms with Crippen molar-refractivity contribution in [2.24, 2.45) is 0 Å². The third-order valence-electron chi connectivity index (χ3n) is 1.98. The van der Waals surface area contributed by atoms with E-state index in [0.717, 1.165) is 6.92 Å². The van der Waals surface area contributed by atoms with Crippen LogP contribution in [0.1, 0.15) is 6.92 Å². The van der Waals surface area contributed by atoms with Crippen molar-refractivity contribution in [1.29, 1.82) is 0 Å². The quantitative estimate of drug-likeness (QED) is 0.205. The molecule has 10 nitrogen and oxygen atoms in total. The molecule has 0 aromatic rings. The molecule has 0 saturated heterocycles. The molecule has 0 rings (SSSR count). The van der Waals surface area contributed by atoms with Gasteiger partial charge in [-0.2, -0.15) is 0 Å². The molecule has 0 spiro atoms. The first-order chi connectivity index (χ1) is 8.29. The number of rotatable bonds is 8. The van der Waals surface area contributed by atoms with Gasteiger partial charge < -0.3 is 30.3 Å². The molecule has 0 fully saturated rings. The molecular weight excluding hydrogens is 252 g/mol. The summed E-state index contributed by atoms with van der Waals surface area (Å²) in [6.07, 6.45) is -5.35. The van der Waals surface area contributed by atoms with Crippen molar-refractivity contribution >= 4 is 12.2 Å². The van der Waals surface area contributed by atoms with Crippen LogP contribution in [-0.2, 0) is 14.4 Å². The van der Waals surface area contributed by atoms with Gasteiger partial charge in [-0.1, -0.05) is 0 Å². The second-order valence-corrected chi connectivity index (χ2v) is 3.43. The molecule has 0 aliphatic rings. The van der Waals surface area contributed by atoms with Crippen LogP contribution in [0.5, 0.6) is 0 Å². The van der Waals surface area contributed by atoms with Crippen LogP contribution in [0.2, 0.25) is 0 Å². The highest BCUT2D eigenvalue weighted by Gasteiger charge is 2.32. The Hall–Kier alpha value is -1.78. The first-order valence-corrected chi connectivity index (χ1v) is 4.83. The first kappa shape index (κ1) is 16.2. The molecule has 0 aliphatic carbocycles. The molecule has 0 saturated carbocycles. The van der Waals surface area contributed by atoms with Gasteiger partial charge in [-0.15, -0.1) is 10.1 Å². The molecule has 0 aliphatic heterocycles. The van der Waals surface area contributed by atoms with Gasteiger partial charge in [-0.05, 0) is 0 Å². The predicted octanol–water partition coefficient (Wildman–Crippen LogP) is -3.02. The molecule has 4 atom stereocenters. The van der Waals surface area contributed by atoms with Crippen LogP contribution in [0, 0.1) is 10.1 Å². The lowest BCUT2D eigenvalue weighted by Gasteiger charge is -2.26. The van der Waals surface area contributed by atoms with Crippen molar-refractivity contribution in [3.63, 3.8) is 0 Å². The summed E-state index contributed by atoms with van der Waals surface area (Å²) in [5.41, 5.74) is 0. The Bertz CT molecular complexity index is 309. The highest BCUT2D eigenvalue weighted by Crippen LogP contribution is 2.05. The Balaban J connectivity index is 4.44. The highest BCUT2D eigenvalue weighted by molar-refractivity contribution is 5.77. The Morgan fingerprint density at radius 3 is 2.39 bits per heavy atom. The Kier molecular flexibility index (Phi) is 6.78. The summed E-state index contributed by atoms with van der Waals surface area (Å²) >= 11 is 0. The maximum absolute atomic E-state index is 10.7. The lowest BCUT2D eigenvalue weighted by Crippen LogP contribution is -2.53. The van der Waals surface area contributed by atoms with E-state index >= 15 is 0 Å². The molecule has 0 bridgehead atoms. The van der Waals surface area contributed by atoms with E-state index < -0.39 is 42.0 Å². The van der Waals surface area contributed by atoms with Crippen molar-refractivity contribution in [2.45, 2.75) is 31.3 Å². The summed E-state index contributed by atoms with van der Waals surface area (Å²) in [5, 5.41) is 38.8. The number of aldehydes is 1. The minimum absolute atomic E-state index is 0.163. The molecule has 1 amide bonds. The molecule has 0 radical (unpaired) electrons. The van der Waals surface area contributed by atoms with Crippen LogP contribution in [0.4, 0.5) is 0 Å². The summed E-state index contributed by atoms with van der Waals surface area (Å²) in [5.74, 6) is -0.630. The van der Waals surface area contributed by atoms with Gasteiger partial charge >= 0.3 is 0 Å². The number of nitrogens with zero attached hydrogens (tertiary/aromatic N) is 1. The molecule has 0 aromatic heterocycles. The summed E-state index contributed by atoms with van der Waals surface area (Å²) in [6.45, 7) is 0.207. The zero-order chi connectivity index (χ0) is 14.3. The standard InChI is InChI=1S/C8H14N2O8/c1-4(12)9-5(2-11)7(14)8(15)6(13)3-18-10(16)17/h2,5-8,13-15H,3H2,1H3,(H,9,12)/t5-,6-,7-,8-/m1/s1. The van der Waals surface area contributed by atoms with Crippen LogP contribution in [0.15, 0.2) is 0 Å². The van der Waals surface area contributed by atoms with E-state index in [-0.39, 0.29) is 6.29 Å². The fourth-order valence-corrected chi connectivity index (χ4v) is 1.11. The van der Waals surface area contributed by atoms with Crippen LogP contribution in [-0.4, -0.2) is 63.6 Å². The maximum atomic E-state index is 10.7. The molecule has 4 N–H and O–H groups in total. The second-order valence-electron chi connectivity index (χ2n) is 3.43. The topological polar surface area (TPSA) is 159 Å². The third-order valence-corrected chi connectivity index (χ3v) is 1.98. The SMILES string of the molecule is CC(=O)N[C@H](C=O)[C@@H](O)[C@H](O)[C@H](O)CO[N+](=O)[O-]. The van der Waals surface area contributed by atoms with Crippen LogP contribution in [0.25, 0.3) is 0 Å². The predicted molar refractivity (Wildman–Crippen MR) is 54.6 cm³/mol. The zero-order valence-electron chi connectivity index (χ0n) is 9.42. The maximum Gasteiger partial charge on any atom is 0.294 e. The van der Waals surface area contributed by atoms with E-state index in [0.29, 0.717) is 0 Å². The summed E-state index contributed by atoms with van der Waals surface area (Å²) in [4.78, 5) is 34.9. The Labute approximate surface area is 101 Å². The monoisotopic (exact) mass is 266 g/mol. The number of aliphatic hydroxyl groups excluding tert-OH is 3. The van der Waals surface area contributed by atoms with Crippen LogP contribution >= 0.6 is 0 Å². The van der Waals surface area contributed by atoms with Crippen molar-refractivity contribution in [3.05, 3.63) is 10.1 Å². The normalized spacial score (nSPS) is 17.1. The van der Waals surface area contributed by atoms with E-state index in [1.165, 1.54) is 0 Å². The fraction of sp³-hybridized carbons (Fsp3) is 0.750. The number of carbonyl (C=O) groups excluding carboxylic acids is 2. The number of hydrogen-bond donors (Lipinski definition) is 4. The first-order valence-electron chi connectivity index (χ1n) is 4.83. The minimum atomic E-state index is -1.90. The fourth-order valence-electron chi connectivity index (χ4n) is 1.11. The molecule has 10 heteroatoms. The average Bonchev–Trinajstić information content (AvgIpc) is 2.30. The van der Waals surface area contributed by atoms with E-state index in [4.69, 9.17) is 0 Å². The van der Waals surface area contributed by atoms with Gasteiger partial charge in [-0.25, -0.2) is 0 Å². The lowest BCUT2D eigenvalue weighted by atomic mass is 10.0. The smallest absolute Gasteiger partial charge is 0.294 e. The molecule has 0 aromatic carbocycles. The van der Waals surface area contributed by atoms with Crippen molar-refractivity contribution in [1.82, 2.24) is 5.32 Å². The highest BCUT2D eigenvalue weighted by atomic mass is 17.0. The van der Waals surface area contributed by atoms with Gasteiger partial charge in [0.1, 0.15) is 37.2 Å². The van der Waals surface area contributed by atoms with E-state index in [1.54, 1.807) is 0 Å². The third kappa shape index (κ3) is 5.52. The van der Waals surface area contributed by atoms with E-state index in [9.17, 15) is 35.0 Å². The molecular formula is C8H14N2O8. The van der Waals surface area contributed by atoms with Gasteiger partial charge in [0.15, 0.2) is 0 Å². The molecule has 18 heavy (non-hydrogen) atoms. The lowest BCUT2D eigenvalue weighted by molar-refractivity contribution is -0.759. The summed E-state index contributed by atoms with van der Waals surface area (Å²) < 4.78 is 0. The second kappa shape index (κ2) is 7.53. The van der Waals surface area contributed by atoms with E-state index in [2.05, 4.69) is 4.84 Å². The Morgan fingerprint density at radius 1 is 1.44 bits per heavy atom. The number of nitrogens with one attached hydrogen (secondary N) is 1. The average molecular weight is 266 g/mol. The minimum Gasteiger partial charge on any atom is -0.388 e. The van der Waals surface area contributed by atoms with Crippen molar-refractivity contribution in [3.8, 4) is 0 Å². The Morgan fingerprint density at radius 2 is 2.00 bits per heavy atom. The van der Waals surface area contributed by atoms with Gasteiger partial charge in [0.05, 0.1) is 0 Å². The molecule has 0 unspecified atom stereocenters. The van der Waals surface area contributed by atoms with Gasteiger partial charge in [0.25, 0.3) is 5.09 Å². The number of hydrogen-bond acceptors (Lipinski definition) is 8. The van der Waals surface area contributed by atoms with Crippen molar-refractivity contribution < 1.29 is 34.8 Å². The van der Waals surface area contributed by atoms with Gasteiger partial charge in [-0.3, -0.25) is 4.79 Å². The van der Waals surface area contributed by atoms with E-state index in [1.807, 2.05) is 5.32 Å². The number of aliphatic hydroxyl groups is 3. The summed E-state index contributed by atoms with van der Waals surface area (Å²) in [6, 6.07) is -1.44. The number of amides is 1. The largest absolute Gasteiger partial charge is 0.388 e. The summed E-state index contributed by atoms with van der Waals surface area (Å²) in [7, 11) is 0. The van der Waals surface area contributed by atoms with Crippen LogP contribution in [0.3, 0.4) is 0 Å². The van der Waals surface area contributed by atoms with Gasteiger partial charge in [0.2, 0.25) is 5.91 Å². The molecule has 104 valence electrons. The number of carbonyl (C=O) groups is 2. The molecule has 0 heterocycles. The van der Waals surface area contributed by atoms with Crippen LogP contribution < -0.4 is 5.32 Å². The van der Waals surface area contributed by atoms with Crippen molar-refractivity contribution in [2.75, 3.05) is 6.61 Å². The van der Waals surface area contributed by atoms with Gasteiger partial charge in [0, 0.05) is 6.92 Å².